The summed E-state index contributed by atoms with van der Waals surface area (Å²) in [5.74, 6) is -0.185. The fourth-order valence-electron chi connectivity index (χ4n) is 2.70. The number of aromatic nitrogens is 1. The summed E-state index contributed by atoms with van der Waals surface area (Å²) in [4.78, 5) is 32.4. The van der Waals surface area contributed by atoms with E-state index < -0.39 is 6.10 Å². The summed E-state index contributed by atoms with van der Waals surface area (Å²) in [6.07, 6.45) is 1.16. The zero-order chi connectivity index (χ0) is 17.3. The fraction of sp³-hybridized carbons (Fsp3) is 0.438. The number of aryl methyl sites for hydroxylation is 1. The summed E-state index contributed by atoms with van der Waals surface area (Å²) in [6.45, 7) is 4.43. The van der Waals surface area contributed by atoms with Crippen molar-refractivity contribution in [3.8, 4) is 9.75 Å². The van der Waals surface area contributed by atoms with E-state index in [9.17, 15) is 14.7 Å². The number of hydrogen-bond acceptors (Lipinski definition) is 6. The molecular formula is C16H19N3O3S2. The van der Waals surface area contributed by atoms with E-state index in [0.29, 0.717) is 23.1 Å². The number of carbonyl (C=O) groups is 2. The number of nitrogens with zero attached hydrogens (tertiary/aromatic N) is 2. The number of amides is 2. The van der Waals surface area contributed by atoms with Gasteiger partial charge in [-0.05, 0) is 31.9 Å². The highest BCUT2D eigenvalue weighted by Gasteiger charge is 2.24. The van der Waals surface area contributed by atoms with Crippen LogP contribution in [0.15, 0.2) is 12.1 Å². The van der Waals surface area contributed by atoms with E-state index in [-0.39, 0.29) is 11.8 Å². The predicted molar refractivity (Wildman–Crippen MR) is 95.6 cm³/mol. The molecule has 0 aromatic carbocycles. The number of β-amino-alcohol motifs (C(OH)–C–C–N with tert-alkyl or cyclic N) is 1. The Balaban J connectivity index is 1.79. The quantitative estimate of drug-likeness (QED) is 0.876. The lowest BCUT2D eigenvalue weighted by atomic mass is 10.1. The molecule has 3 heterocycles. The molecule has 0 saturated carbocycles. The van der Waals surface area contributed by atoms with Crippen LogP contribution in [0.3, 0.4) is 0 Å². The number of likely N-dealkylation sites (tertiary alicyclic amines) is 1. The van der Waals surface area contributed by atoms with Crippen LogP contribution < -0.4 is 5.32 Å². The molecule has 2 aromatic rings. The van der Waals surface area contributed by atoms with Gasteiger partial charge in [0.1, 0.15) is 0 Å². The van der Waals surface area contributed by atoms with Crippen LogP contribution in [0.1, 0.15) is 35.1 Å². The SMILES string of the molecule is CC(=O)Nc1nc(C)c(-c2ccc(C(=O)N3CCCC(O)C3)s2)s1. The monoisotopic (exact) mass is 365 g/mol. The molecule has 0 bridgehead atoms. The van der Waals surface area contributed by atoms with Gasteiger partial charge < -0.3 is 15.3 Å². The number of nitrogens with one attached hydrogen (secondary N) is 1. The van der Waals surface area contributed by atoms with Crippen molar-refractivity contribution >= 4 is 39.6 Å². The molecular weight excluding hydrogens is 346 g/mol. The molecule has 0 radical (unpaired) electrons. The standard InChI is InChI=1S/C16H19N3O3S2/c1-9-14(24-16(17-9)18-10(2)20)12-5-6-13(23-12)15(22)19-7-3-4-11(21)8-19/h5-6,11,21H,3-4,7-8H2,1-2H3,(H,17,18,20). The molecule has 2 N–H and O–H groups in total. The maximum atomic E-state index is 12.6. The molecule has 2 aromatic heterocycles. The molecule has 1 aliphatic heterocycles. The van der Waals surface area contributed by atoms with Crippen LogP contribution in [0, 0.1) is 6.92 Å². The van der Waals surface area contributed by atoms with Gasteiger partial charge in [0.2, 0.25) is 5.91 Å². The highest BCUT2D eigenvalue weighted by atomic mass is 32.1. The normalized spacial score (nSPS) is 17.8. The third-order valence-electron chi connectivity index (χ3n) is 3.80. The number of rotatable bonds is 3. The van der Waals surface area contributed by atoms with Crippen LogP contribution in [-0.2, 0) is 4.79 Å². The summed E-state index contributed by atoms with van der Waals surface area (Å²) in [6, 6.07) is 3.73. The molecule has 1 aliphatic rings. The third kappa shape index (κ3) is 3.66. The van der Waals surface area contributed by atoms with Crippen LogP contribution in [0.25, 0.3) is 9.75 Å². The van der Waals surface area contributed by atoms with Crippen LogP contribution in [0.2, 0.25) is 0 Å². The van der Waals surface area contributed by atoms with Crippen LogP contribution in [-0.4, -0.2) is 46.0 Å². The Labute approximate surface area is 148 Å². The lowest BCUT2D eigenvalue weighted by molar-refractivity contribution is -0.114. The van der Waals surface area contributed by atoms with E-state index in [1.165, 1.54) is 29.6 Å². The average molecular weight is 365 g/mol. The van der Waals surface area contributed by atoms with Crippen molar-refractivity contribution in [1.82, 2.24) is 9.88 Å². The van der Waals surface area contributed by atoms with Crippen LogP contribution in [0.4, 0.5) is 5.13 Å². The second kappa shape index (κ2) is 7.00. The van der Waals surface area contributed by atoms with Crippen molar-refractivity contribution < 1.29 is 14.7 Å². The van der Waals surface area contributed by atoms with Crippen molar-refractivity contribution in [3.63, 3.8) is 0 Å². The first-order chi connectivity index (χ1) is 11.4. The van der Waals surface area contributed by atoms with Crippen molar-refractivity contribution in [2.45, 2.75) is 32.8 Å². The van der Waals surface area contributed by atoms with Crippen molar-refractivity contribution in [3.05, 3.63) is 22.7 Å². The van der Waals surface area contributed by atoms with Gasteiger partial charge in [-0.2, -0.15) is 0 Å². The van der Waals surface area contributed by atoms with Gasteiger partial charge in [0.05, 0.1) is 21.6 Å². The zero-order valence-corrected chi connectivity index (χ0v) is 15.2. The van der Waals surface area contributed by atoms with Gasteiger partial charge in [0, 0.05) is 24.9 Å². The van der Waals surface area contributed by atoms with Crippen molar-refractivity contribution in [2.24, 2.45) is 0 Å². The second-order valence-corrected chi connectivity index (χ2v) is 7.91. The first kappa shape index (κ1) is 17.1. The third-order valence-corrected chi connectivity index (χ3v) is 6.13. The highest BCUT2D eigenvalue weighted by Crippen LogP contribution is 2.37. The van der Waals surface area contributed by atoms with Crippen molar-refractivity contribution in [2.75, 3.05) is 18.4 Å². The molecule has 6 nitrogen and oxygen atoms in total. The molecule has 1 saturated heterocycles. The van der Waals surface area contributed by atoms with E-state index in [1.807, 2.05) is 19.1 Å². The minimum Gasteiger partial charge on any atom is -0.391 e. The van der Waals surface area contributed by atoms with Crippen LogP contribution >= 0.6 is 22.7 Å². The number of aliphatic hydroxyl groups is 1. The number of carbonyl (C=O) groups excluding carboxylic acids is 2. The lowest BCUT2D eigenvalue weighted by Crippen LogP contribution is -2.41. The number of thiophene rings is 1. The minimum atomic E-state index is -0.425. The van der Waals surface area contributed by atoms with Crippen molar-refractivity contribution in [1.29, 1.82) is 0 Å². The number of piperidine rings is 1. The number of thiazole rings is 1. The Morgan fingerprint density at radius 2 is 2.17 bits per heavy atom. The van der Waals surface area contributed by atoms with E-state index in [2.05, 4.69) is 10.3 Å². The Morgan fingerprint density at radius 3 is 2.88 bits per heavy atom. The Bertz CT molecular complexity index is 768. The highest BCUT2D eigenvalue weighted by molar-refractivity contribution is 7.24. The Kier molecular flexibility index (Phi) is 4.98. The minimum absolute atomic E-state index is 0.0331. The Hall–Kier alpha value is -1.77. The maximum Gasteiger partial charge on any atom is 0.264 e. The van der Waals surface area contributed by atoms with E-state index in [4.69, 9.17) is 0 Å². The van der Waals surface area contributed by atoms with E-state index >= 15 is 0 Å². The molecule has 8 heteroatoms. The van der Waals surface area contributed by atoms with Gasteiger partial charge >= 0.3 is 0 Å². The Morgan fingerprint density at radius 1 is 1.38 bits per heavy atom. The summed E-state index contributed by atoms with van der Waals surface area (Å²) in [5, 5.41) is 13.0. The number of hydrogen-bond donors (Lipinski definition) is 2. The molecule has 1 fully saturated rings. The first-order valence-electron chi connectivity index (χ1n) is 7.76. The molecule has 0 aliphatic carbocycles. The smallest absolute Gasteiger partial charge is 0.264 e. The van der Waals surface area contributed by atoms with Gasteiger partial charge in [-0.25, -0.2) is 4.98 Å². The molecule has 128 valence electrons. The fourth-order valence-corrected chi connectivity index (χ4v) is 4.85. The molecule has 2 amide bonds. The second-order valence-electron chi connectivity index (χ2n) is 5.83. The van der Waals surface area contributed by atoms with E-state index in [0.717, 1.165) is 28.3 Å². The summed E-state index contributed by atoms with van der Waals surface area (Å²) in [7, 11) is 0. The molecule has 1 unspecified atom stereocenters. The molecule has 1 atom stereocenters. The average Bonchev–Trinajstić information content (AvgIpc) is 3.12. The molecule has 3 rings (SSSR count). The van der Waals surface area contributed by atoms with Gasteiger partial charge in [0.25, 0.3) is 5.91 Å². The maximum absolute atomic E-state index is 12.6. The summed E-state index contributed by atoms with van der Waals surface area (Å²) < 4.78 is 0. The lowest BCUT2D eigenvalue weighted by Gasteiger charge is -2.29. The molecule has 0 spiro atoms. The van der Waals surface area contributed by atoms with Gasteiger partial charge in [-0.1, -0.05) is 11.3 Å². The topological polar surface area (TPSA) is 82.5 Å². The summed E-state index contributed by atoms with van der Waals surface area (Å²) in [5.41, 5.74) is 0.831. The number of anilines is 1. The van der Waals surface area contributed by atoms with Crippen LogP contribution in [0.5, 0.6) is 0 Å². The van der Waals surface area contributed by atoms with Gasteiger partial charge in [-0.15, -0.1) is 11.3 Å². The zero-order valence-electron chi connectivity index (χ0n) is 13.5. The van der Waals surface area contributed by atoms with Gasteiger partial charge in [0.15, 0.2) is 5.13 Å². The number of aliphatic hydroxyl groups excluding tert-OH is 1. The summed E-state index contributed by atoms with van der Waals surface area (Å²) >= 11 is 2.82. The predicted octanol–water partition coefficient (Wildman–Crippen LogP) is 2.74. The largest absolute Gasteiger partial charge is 0.391 e. The molecule has 24 heavy (non-hydrogen) atoms. The van der Waals surface area contributed by atoms with Gasteiger partial charge in [-0.3, -0.25) is 9.59 Å². The first-order valence-corrected chi connectivity index (χ1v) is 9.40. The van der Waals surface area contributed by atoms with E-state index in [1.54, 1.807) is 4.90 Å².